The van der Waals surface area contributed by atoms with Gasteiger partial charge in [0.05, 0.1) is 6.61 Å². The van der Waals surface area contributed by atoms with Gasteiger partial charge in [-0.2, -0.15) is 0 Å². The van der Waals surface area contributed by atoms with E-state index in [1.807, 2.05) is 0 Å². The number of nitrogens with two attached hydrogens (primary N) is 1. The van der Waals surface area contributed by atoms with Crippen molar-refractivity contribution in [2.75, 3.05) is 19.7 Å². The normalized spacial score (nSPS) is 21.0. The van der Waals surface area contributed by atoms with E-state index in [1.54, 1.807) is 0 Å². The first-order valence-corrected chi connectivity index (χ1v) is 4.51. The number of aliphatic hydroxyl groups excluding tert-OH is 1. The summed E-state index contributed by atoms with van der Waals surface area (Å²) in [5.41, 5.74) is 4.89. The third-order valence-corrected chi connectivity index (χ3v) is 2.36. The number of ether oxygens (including phenoxy) is 1. The van der Waals surface area contributed by atoms with Gasteiger partial charge in [-0.15, -0.1) is 0 Å². The molecule has 1 aliphatic heterocycles. The molecule has 0 aliphatic carbocycles. The van der Waals surface area contributed by atoms with Gasteiger partial charge in [0.25, 0.3) is 0 Å². The standard InChI is InChI=1S/C8H16N2O3/c9-8(12)13-7(5-11)6-1-3-10-4-2-6/h6-7,10-11H,1-5H2,(H2,9,12). The zero-order chi connectivity index (χ0) is 9.68. The second-order valence-corrected chi connectivity index (χ2v) is 3.25. The minimum absolute atomic E-state index is 0.145. The van der Waals surface area contributed by atoms with Crippen molar-refractivity contribution < 1.29 is 14.6 Å². The van der Waals surface area contributed by atoms with E-state index >= 15 is 0 Å². The van der Waals surface area contributed by atoms with Gasteiger partial charge in [-0.25, -0.2) is 4.79 Å². The lowest BCUT2D eigenvalue weighted by atomic mass is 9.92. The highest BCUT2D eigenvalue weighted by Gasteiger charge is 2.25. The summed E-state index contributed by atoms with van der Waals surface area (Å²) in [4.78, 5) is 10.5. The van der Waals surface area contributed by atoms with Crippen LogP contribution in [-0.2, 0) is 4.74 Å². The van der Waals surface area contributed by atoms with Crippen molar-refractivity contribution in [2.24, 2.45) is 11.7 Å². The maximum absolute atomic E-state index is 10.5. The molecule has 1 saturated heterocycles. The van der Waals surface area contributed by atoms with Crippen LogP contribution >= 0.6 is 0 Å². The molecular weight excluding hydrogens is 172 g/mol. The van der Waals surface area contributed by atoms with Crippen molar-refractivity contribution in [3.8, 4) is 0 Å². The Labute approximate surface area is 77.2 Å². The summed E-state index contributed by atoms with van der Waals surface area (Å²) < 4.78 is 4.80. The lowest BCUT2D eigenvalue weighted by Crippen LogP contribution is -2.39. The molecule has 1 fully saturated rings. The van der Waals surface area contributed by atoms with Crippen LogP contribution in [0.4, 0.5) is 4.79 Å². The van der Waals surface area contributed by atoms with Crippen LogP contribution in [0.3, 0.4) is 0 Å². The highest BCUT2D eigenvalue weighted by Crippen LogP contribution is 2.18. The third-order valence-electron chi connectivity index (χ3n) is 2.36. The highest BCUT2D eigenvalue weighted by molar-refractivity contribution is 5.64. The Balaban J connectivity index is 2.39. The number of piperidine rings is 1. The summed E-state index contributed by atoms with van der Waals surface area (Å²) in [6.07, 6.45) is 0.592. The number of rotatable bonds is 3. The molecule has 0 radical (unpaired) electrons. The number of amides is 1. The summed E-state index contributed by atoms with van der Waals surface area (Å²) in [6, 6.07) is 0. The van der Waals surface area contributed by atoms with Crippen molar-refractivity contribution >= 4 is 6.09 Å². The molecule has 13 heavy (non-hydrogen) atoms. The molecule has 1 atom stereocenters. The van der Waals surface area contributed by atoms with E-state index < -0.39 is 12.2 Å². The summed E-state index contributed by atoms with van der Waals surface area (Å²) in [6.45, 7) is 1.67. The molecule has 0 aromatic heterocycles. The van der Waals surface area contributed by atoms with Gasteiger partial charge in [0.2, 0.25) is 0 Å². The maximum atomic E-state index is 10.5. The van der Waals surface area contributed by atoms with Crippen molar-refractivity contribution in [2.45, 2.75) is 18.9 Å². The average Bonchev–Trinajstić information content (AvgIpc) is 2.15. The van der Waals surface area contributed by atoms with Crippen LogP contribution in [0.25, 0.3) is 0 Å². The van der Waals surface area contributed by atoms with Crippen LogP contribution in [0.2, 0.25) is 0 Å². The van der Waals surface area contributed by atoms with Gasteiger partial charge in [-0.05, 0) is 25.9 Å². The van der Waals surface area contributed by atoms with Crippen LogP contribution in [0.1, 0.15) is 12.8 Å². The Kier molecular flexibility index (Phi) is 3.98. The highest BCUT2D eigenvalue weighted by atomic mass is 16.6. The van der Waals surface area contributed by atoms with E-state index in [0.29, 0.717) is 0 Å². The van der Waals surface area contributed by atoms with E-state index in [4.69, 9.17) is 15.6 Å². The third kappa shape index (κ3) is 3.20. The zero-order valence-electron chi connectivity index (χ0n) is 7.53. The molecule has 0 saturated carbocycles. The fourth-order valence-corrected chi connectivity index (χ4v) is 1.65. The van der Waals surface area contributed by atoms with Crippen LogP contribution in [-0.4, -0.2) is 37.0 Å². The molecule has 0 aromatic carbocycles. The lowest BCUT2D eigenvalue weighted by Gasteiger charge is -2.28. The molecule has 1 rings (SSSR count). The molecule has 1 aliphatic rings. The van der Waals surface area contributed by atoms with Crippen molar-refractivity contribution in [3.05, 3.63) is 0 Å². The Bertz CT molecular complexity index is 169. The van der Waals surface area contributed by atoms with Crippen molar-refractivity contribution in [1.82, 2.24) is 5.32 Å². The second-order valence-electron chi connectivity index (χ2n) is 3.25. The van der Waals surface area contributed by atoms with Crippen LogP contribution < -0.4 is 11.1 Å². The number of carbonyl (C=O) groups excluding carboxylic acids is 1. The van der Waals surface area contributed by atoms with Gasteiger partial charge >= 0.3 is 6.09 Å². The van der Waals surface area contributed by atoms with Crippen molar-refractivity contribution in [3.63, 3.8) is 0 Å². The number of aliphatic hydroxyl groups is 1. The molecule has 0 bridgehead atoms. The van der Waals surface area contributed by atoms with Crippen LogP contribution in [0, 0.1) is 5.92 Å². The fraction of sp³-hybridized carbons (Fsp3) is 0.875. The summed E-state index contributed by atoms with van der Waals surface area (Å²) in [5.74, 6) is 0.235. The van der Waals surface area contributed by atoms with E-state index in [0.717, 1.165) is 25.9 Å². The molecule has 0 aromatic rings. The predicted molar refractivity (Wildman–Crippen MR) is 47.1 cm³/mol. The Morgan fingerprint density at radius 3 is 2.69 bits per heavy atom. The van der Waals surface area contributed by atoms with E-state index in [-0.39, 0.29) is 12.5 Å². The SMILES string of the molecule is NC(=O)OC(CO)C1CCNCC1. The van der Waals surface area contributed by atoms with Crippen LogP contribution in [0.15, 0.2) is 0 Å². The monoisotopic (exact) mass is 188 g/mol. The van der Waals surface area contributed by atoms with Gasteiger partial charge in [0.15, 0.2) is 0 Å². The predicted octanol–water partition coefficient (Wildman–Crippen LogP) is -0.558. The molecule has 5 heteroatoms. The molecule has 5 nitrogen and oxygen atoms in total. The van der Waals surface area contributed by atoms with Crippen LogP contribution in [0.5, 0.6) is 0 Å². The molecule has 4 N–H and O–H groups in total. The van der Waals surface area contributed by atoms with Gasteiger partial charge in [-0.1, -0.05) is 0 Å². The van der Waals surface area contributed by atoms with Gasteiger partial charge in [0, 0.05) is 5.92 Å². The number of hydrogen-bond acceptors (Lipinski definition) is 4. The van der Waals surface area contributed by atoms with E-state index in [1.165, 1.54) is 0 Å². The van der Waals surface area contributed by atoms with Crippen molar-refractivity contribution in [1.29, 1.82) is 0 Å². The first kappa shape index (κ1) is 10.3. The molecule has 1 unspecified atom stereocenters. The smallest absolute Gasteiger partial charge is 0.404 e. The number of hydrogen-bond donors (Lipinski definition) is 3. The molecule has 76 valence electrons. The largest absolute Gasteiger partial charge is 0.444 e. The van der Waals surface area contributed by atoms with E-state index in [9.17, 15) is 4.79 Å². The Morgan fingerprint density at radius 2 is 2.23 bits per heavy atom. The fourth-order valence-electron chi connectivity index (χ4n) is 1.65. The molecule has 0 spiro atoms. The summed E-state index contributed by atoms with van der Waals surface area (Å²) in [7, 11) is 0. The Hall–Kier alpha value is -0.810. The van der Waals surface area contributed by atoms with Gasteiger partial charge < -0.3 is 20.9 Å². The topological polar surface area (TPSA) is 84.6 Å². The Morgan fingerprint density at radius 1 is 1.62 bits per heavy atom. The lowest BCUT2D eigenvalue weighted by molar-refractivity contribution is 0.0176. The number of nitrogens with one attached hydrogen (secondary N) is 1. The number of primary amides is 1. The van der Waals surface area contributed by atoms with Gasteiger partial charge in [0.1, 0.15) is 6.10 Å². The average molecular weight is 188 g/mol. The first-order valence-electron chi connectivity index (χ1n) is 4.51. The zero-order valence-corrected chi connectivity index (χ0v) is 7.53. The second kappa shape index (κ2) is 5.04. The van der Waals surface area contributed by atoms with Gasteiger partial charge in [-0.3, -0.25) is 0 Å². The molecule has 1 heterocycles. The maximum Gasteiger partial charge on any atom is 0.404 e. The first-order chi connectivity index (χ1) is 6.24. The molecule has 1 amide bonds. The van der Waals surface area contributed by atoms with E-state index in [2.05, 4.69) is 5.32 Å². The minimum atomic E-state index is -0.808. The number of carbonyl (C=O) groups is 1. The minimum Gasteiger partial charge on any atom is -0.444 e. The quantitative estimate of drug-likeness (QED) is 0.554. The molecular formula is C8H16N2O3. The summed E-state index contributed by atoms with van der Waals surface area (Å²) in [5, 5.41) is 12.2. The summed E-state index contributed by atoms with van der Waals surface area (Å²) >= 11 is 0.